The molecule has 132 valence electrons. The number of aromatic nitrogens is 2. The Morgan fingerprint density at radius 2 is 2.08 bits per heavy atom. The number of para-hydroxylation sites is 2. The number of hydrogen-bond donors (Lipinski definition) is 2. The molecule has 2 N–H and O–H groups in total. The van der Waals surface area contributed by atoms with Crippen molar-refractivity contribution in [1.29, 1.82) is 0 Å². The number of hydrazone groups is 1. The fourth-order valence-electron chi connectivity index (χ4n) is 2.11. The van der Waals surface area contributed by atoms with Crippen LogP contribution in [-0.2, 0) is 9.53 Å². The van der Waals surface area contributed by atoms with E-state index in [0.29, 0.717) is 17.2 Å². The van der Waals surface area contributed by atoms with E-state index in [9.17, 15) is 4.79 Å². The van der Waals surface area contributed by atoms with Gasteiger partial charge in [0.15, 0.2) is 5.11 Å². The zero-order valence-electron chi connectivity index (χ0n) is 14.1. The van der Waals surface area contributed by atoms with E-state index in [4.69, 9.17) is 12.2 Å². The lowest BCUT2D eigenvalue weighted by atomic mass is 10.2. The highest BCUT2D eigenvalue weighted by atomic mass is 32.1. The molecule has 0 radical (unpaired) electrons. The molecule has 0 unspecified atom stereocenters. The van der Waals surface area contributed by atoms with Gasteiger partial charge in [-0.25, -0.2) is 4.98 Å². The van der Waals surface area contributed by atoms with E-state index in [0.717, 1.165) is 36.8 Å². The van der Waals surface area contributed by atoms with Crippen molar-refractivity contribution in [3.63, 3.8) is 0 Å². The summed E-state index contributed by atoms with van der Waals surface area (Å²) in [5, 5.41) is 7.55. The topological polar surface area (TPSA) is 88.5 Å². The third-order valence-corrected chi connectivity index (χ3v) is 3.64. The van der Waals surface area contributed by atoms with Gasteiger partial charge in [0, 0.05) is 13.0 Å². The number of ether oxygens (including phenoxy) is 1. The Hall–Kier alpha value is -2.61. The predicted molar refractivity (Wildman–Crippen MR) is 101 cm³/mol. The normalized spacial score (nSPS) is 10.8. The summed E-state index contributed by atoms with van der Waals surface area (Å²) in [6, 6.07) is 7.65. The number of carbonyl (C=O) groups excluding carboxylic acids is 1. The predicted octanol–water partition coefficient (Wildman–Crippen LogP) is 2.16. The number of nitrogens with zero attached hydrogens (tertiary/aromatic N) is 3. The molecule has 1 heterocycles. The van der Waals surface area contributed by atoms with E-state index < -0.39 is 0 Å². The molecule has 0 spiro atoms. The van der Waals surface area contributed by atoms with Gasteiger partial charge in [0.2, 0.25) is 0 Å². The number of thiocarbonyl (C=S) groups is 1. The van der Waals surface area contributed by atoms with Crippen molar-refractivity contribution >= 4 is 40.5 Å². The van der Waals surface area contributed by atoms with Gasteiger partial charge >= 0.3 is 5.97 Å². The quantitative estimate of drug-likeness (QED) is 0.245. The van der Waals surface area contributed by atoms with E-state index in [1.54, 1.807) is 12.4 Å². The molecule has 8 heteroatoms. The van der Waals surface area contributed by atoms with E-state index >= 15 is 0 Å². The zero-order valence-corrected chi connectivity index (χ0v) is 14.9. The first-order valence-corrected chi connectivity index (χ1v) is 8.45. The van der Waals surface area contributed by atoms with Gasteiger partial charge in [0.1, 0.15) is 5.69 Å². The Kier molecular flexibility index (Phi) is 7.71. The summed E-state index contributed by atoms with van der Waals surface area (Å²) in [5.41, 5.74) is 5.06. The van der Waals surface area contributed by atoms with Crippen LogP contribution in [0.3, 0.4) is 0 Å². The first kappa shape index (κ1) is 18.7. The van der Waals surface area contributed by atoms with Crippen LogP contribution in [-0.4, -0.2) is 40.9 Å². The smallest absolute Gasteiger partial charge is 0.305 e. The number of fused-ring (bicyclic) bond motifs is 1. The van der Waals surface area contributed by atoms with Crippen LogP contribution < -0.4 is 10.7 Å². The second-order valence-electron chi connectivity index (χ2n) is 5.30. The van der Waals surface area contributed by atoms with Crippen LogP contribution in [0.15, 0.2) is 35.6 Å². The lowest BCUT2D eigenvalue weighted by Crippen LogP contribution is -2.32. The molecule has 0 aliphatic heterocycles. The molecule has 0 aliphatic carbocycles. The van der Waals surface area contributed by atoms with Crippen LogP contribution in [0.5, 0.6) is 0 Å². The lowest BCUT2D eigenvalue weighted by Gasteiger charge is -2.06. The molecule has 0 aliphatic rings. The second kappa shape index (κ2) is 10.3. The molecule has 2 aromatic rings. The Balaban J connectivity index is 1.65. The molecule has 1 aromatic heterocycles. The van der Waals surface area contributed by atoms with Gasteiger partial charge in [-0.15, -0.1) is 0 Å². The molecule has 2 rings (SSSR count). The van der Waals surface area contributed by atoms with E-state index in [-0.39, 0.29) is 5.97 Å². The van der Waals surface area contributed by atoms with Gasteiger partial charge in [-0.1, -0.05) is 18.6 Å². The van der Waals surface area contributed by atoms with E-state index in [2.05, 4.69) is 30.5 Å². The van der Waals surface area contributed by atoms with Crippen molar-refractivity contribution < 1.29 is 9.53 Å². The Morgan fingerprint density at radius 1 is 1.28 bits per heavy atom. The van der Waals surface area contributed by atoms with Gasteiger partial charge in [-0.2, -0.15) is 5.10 Å². The molecule has 0 saturated carbocycles. The molecule has 0 saturated heterocycles. The summed E-state index contributed by atoms with van der Waals surface area (Å²) in [6.45, 7) is 0.721. The molecule has 0 amide bonds. The fraction of sp³-hybridized carbons (Fsp3) is 0.353. The van der Waals surface area contributed by atoms with Crippen molar-refractivity contribution in [2.75, 3.05) is 13.7 Å². The Morgan fingerprint density at radius 3 is 2.88 bits per heavy atom. The average Bonchev–Trinajstić information content (AvgIpc) is 2.64. The van der Waals surface area contributed by atoms with Crippen molar-refractivity contribution in [3.05, 3.63) is 36.2 Å². The Labute approximate surface area is 151 Å². The summed E-state index contributed by atoms with van der Waals surface area (Å²) in [6.07, 6.45) is 6.35. The Bertz CT molecular complexity index is 751. The monoisotopic (exact) mass is 359 g/mol. The number of esters is 1. The number of benzene rings is 1. The van der Waals surface area contributed by atoms with Crippen LogP contribution in [0, 0.1) is 0 Å². The number of unbranched alkanes of at least 4 members (excludes halogenated alkanes) is 2. The first-order chi connectivity index (χ1) is 12.2. The van der Waals surface area contributed by atoms with Crippen LogP contribution in [0.25, 0.3) is 11.0 Å². The summed E-state index contributed by atoms with van der Waals surface area (Å²) in [7, 11) is 1.40. The highest BCUT2D eigenvalue weighted by Crippen LogP contribution is 2.07. The molecule has 25 heavy (non-hydrogen) atoms. The largest absolute Gasteiger partial charge is 0.469 e. The van der Waals surface area contributed by atoms with Gasteiger partial charge in [-0.05, 0) is 37.2 Å². The number of carbonyl (C=O) groups is 1. The summed E-state index contributed by atoms with van der Waals surface area (Å²) in [5.74, 6) is -0.170. The minimum Gasteiger partial charge on any atom is -0.469 e. The maximum absolute atomic E-state index is 11.0. The highest BCUT2D eigenvalue weighted by molar-refractivity contribution is 7.80. The summed E-state index contributed by atoms with van der Waals surface area (Å²) >= 11 is 5.14. The van der Waals surface area contributed by atoms with Gasteiger partial charge in [-0.3, -0.25) is 15.2 Å². The summed E-state index contributed by atoms with van der Waals surface area (Å²) < 4.78 is 4.59. The maximum atomic E-state index is 11.0. The van der Waals surface area contributed by atoms with Crippen LogP contribution in [0.4, 0.5) is 0 Å². The molecular weight excluding hydrogens is 338 g/mol. The van der Waals surface area contributed by atoms with Crippen LogP contribution in [0.1, 0.15) is 31.4 Å². The van der Waals surface area contributed by atoms with E-state index in [1.165, 1.54) is 7.11 Å². The molecule has 1 aromatic carbocycles. The zero-order chi connectivity index (χ0) is 17.9. The lowest BCUT2D eigenvalue weighted by molar-refractivity contribution is -0.140. The minimum absolute atomic E-state index is 0.170. The number of rotatable bonds is 8. The second-order valence-corrected chi connectivity index (χ2v) is 5.70. The van der Waals surface area contributed by atoms with Crippen molar-refractivity contribution in [2.45, 2.75) is 25.7 Å². The molecule has 7 nitrogen and oxygen atoms in total. The fourth-order valence-corrected chi connectivity index (χ4v) is 2.26. The van der Waals surface area contributed by atoms with Crippen molar-refractivity contribution in [3.8, 4) is 0 Å². The molecule has 0 bridgehead atoms. The minimum atomic E-state index is -0.170. The number of hydrogen-bond acceptors (Lipinski definition) is 6. The highest BCUT2D eigenvalue weighted by Gasteiger charge is 2.00. The number of methoxy groups -OCH3 is 1. The van der Waals surface area contributed by atoms with E-state index in [1.807, 2.05) is 24.3 Å². The van der Waals surface area contributed by atoms with Gasteiger partial charge in [0.05, 0.1) is 30.6 Å². The average molecular weight is 359 g/mol. The summed E-state index contributed by atoms with van der Waals surface area (Å²) in [4.78, 5) is 19.7. The van der Waals surface area contributed by atoms with Crippen molar-refractivity contribution in [1.82, 2.24) is 20.7 Å². The molecule has 0 atom stereocenters. The van der Waals surface area contributed by atoms with Crippen LogP contribution >= 0.6 is 12.2 Å². The molecular formula is C17H21N5O2S. The maximum Gasteiger partial charge on any atom is 0.305 e. The SMILES string of the molecule is COC(=O)CCCCCNC(=S)N/N=C\c1cnc2ccccc2n1. The van der Waals surface area contributed by atoms with Crippen molar-refractivity contribution in [2.24, 2.45) is 5.10 Å². The number of nitrogens with one attached hydrogen (secondary N) is 2. The van der Waals surface area contributed by atoms with Gasteiger partial charge < -0.3 is 10.1 Å². The third-order valence-electron chi connectivity index (χ3n) is 3.40. The molecule has 0 fully saturated rings. The van der Waals surface area contributed by atoms with Crippen LogP contribution in [0.2, 0.25) is 0 Å². The van der Waals surface area contributed by atoms with Gasteiger partial charge in [0.25, 0.3) is 0 Å². The first-order valence-electron chi connectivity index (χ1n) is 8.04. The third kappa shape index (κ3) is 6.80. The standard InChI is InChI=1S/C17H21N5O2S/c1-24-16(23)9-3-2-6-10-18-17(25)22-20-12-13-11-19-14-7-4-5-8-15(14)21-13/h4-5,7-8,11-12H,2-3,6,9-10H2,1H3,(H2,18,22,25)/b20-12-.